The molecular formula is C12H12ClN3O. The van der Waals surface area contributed by atoms with E-state index in [1.54, 1.807) is 24.5 Å². The lowest BCUT2D eigenvalue weighted by atomic mass is 10.1. The van der Waals surface area contributed by atoms with Gasteiger partial charge in [-0.15, -0.1) is 0 Å². The van der Waals surface area contributed by atoms with Crippen LogP contribution in [0.1, 0.15) is 13.3 Å². The quantitative estimate of drug-likeness (QED) is 0.875. The molecule has 0 aromatic carbocycles. The van der Waals surface area contributed by atoms with Crippen LogP contribution >= 0.6 is 11.6 Å². The van der Waals surface area contributed by atoms with Crippen LogP contribution in [0.25, 0.3) is 0 Å². The summed E-state index contributed by atoms with van der Waals surface area (Å²) in [5, 5.41) is 3.21. The number of carbonyl (C=O) groups is 1. The molecule has 1 atom stereocenters. The van der Waals surface area contributed by atoms with Gasteiger partial charge in [0, 0.05) is 17.4 Å². The highest BCUT2D eigenvalue weighted by Crippen LogP contribution is 2.14. The lowest BCUT2D eigenvalue weighted by Crippen LogP contribution is -2.19. The number of amides is 1. The number of rotatable bonds is 2. The van der Waals surface area contributed by atoms with E-state index in [1.807, 2.05) is 13.0 Å². The van der Waals surface area contributed by atoms with Gasteiger partial charge in [-0.25, -0.2) is 4.98 Å². The maximum atomic E-state index is 11.8. The molecule has 0 aliphatic carbocycles. The van der Waals surface area contributed by atoms with Crippen molar-refractivity contribution in [1.82, 2.24) is 4.98 Å². The Labute approximate surface area is 104 Å². The molecule has 0 bridgehead atoms. The maximum absolute atomic E-state index is 11.8. The Balaban J connectivity index is 2.05. The number of pyridine rings is 1. The topological polar surface area (TPSA) is 54.4 Å². The van der Waals surface area contributed by atoms with Crippen molar-refractivity contribution in [2.75, 3.05) is 5.32 Å². The van der Waals surface area contributed by atoms with Crippen molar-refractivity contribution < 1.29 is 4.79 Å². The lowest BCUT2D eigenvalue weighted by molar-refractivity contribution is -0.112. The molecule has 1 unspecified atom stereocenters. The summed E-state index contributed by atoms with van der Waals surface area (Å²) in [5.74, 6) is 0.228. The van der Waals surface area contributed by atoms with Gasteiger partial charge >= 0.3 is 0 Å². The summed E-state index contributed by atoms with van der Waals surface area (Å²) in [7, 11) is 0. The largest absolute Gasteiger partial charge is 0.306 e. The molecule has 1 aromatic rings. The van der Waals surface area contributed by atoms with E-state index in [0.29, 0.717) is 16.4 Å². The first-order valence-electron chi connectivity index (χ1n) is 5.31. The van der Waals surface area contributed by atoms with Gasteiger partial charge in [-0.3, -0.25) is 9.79 Å². The highest BCUT2D eigenvalue weighted by Gasteiger charge is 2.12. The van der Waals surface area contributed by atoms with Crippen molar-refractivity contribution >= 4 is 29.5 Å². The van der Waals surface area contributed by atoms with E-state index in [4.69, 9.17) is 11.6 Å². The van der Waals surface area contributed by atoms with Gasteiger partial charge in [-0.1, -0.05) is 17.7 Å². The Morgan fingerprint density at radius 1 is 1.59 bits per heavy atom. The third-order valence-corrected chi connectivity index (χ3v) is 2.61. The first-order chi connectivity index (χ1) is 8.15. The average Bonchev–Trinajstić information content (AvgIpc) is 2.29. The minimum atomic E-state index is -0.213. The standard InChI is InChI=1S/C12H12ClN3O/c1-8-2-3-9(7-15-8)12(17)16-11-6-10(13)4-5-14-11/h3-8H,2H2,1H3,(H,14,16,17). The van der Waals surface area contributed by atoms with Crippen molar-refractivity contribution in [3.8, 4) is 0 Å². The van der Waals surface area contributed by atoms with E-state index < -0.39 is 0 Å². The Hall–Kier alpha value is -1.68. The number of nitrogens with zero attached hydrogens (tertiary/aromatic N) is 2. The molecule has 88 valence electrons. The zero-order chi connectivity index (χ0) is 12.3. The van der Waals surface area contributed by atoms with Gasteiger partial charge in [0.1, 0.15) is 5.82 Å². The number of hydrogen-bond donors (Lipinski definition) is 1. The molecule has 0 fully saturated rings. The van der Waals surface area contributed by atoms with Crippen LogP contribution in [0.15, 0.2) is 35.0 Å². The molecule has 2 heterocycles. The summed E-state index contributed by atoms with van der Waals surface area (Å²) < 4.78 is 0. The summed E-state index contributed by atoms with van der Waals surface area (Å²) in [6, 6.07) is 3.50. The average molecular weight is 250 g/mol. The molecule has 1 aliphatic rings. The summed E-state index contributed by atoms with van der Waals surface area (Å²) >= 11 is 5.80. The second-order valence-corrected chi connectivity index (χ2v) is 4.27. The fourth-order valence-electron chi connectivity index (χ4n) is 1.43. The molecule has 1 N–H and O–H groups in total. The van der Waals surface area contributed by atoms with Crippen molar-refractivity contribution in [3.05, 3.63) is 35.0 Å². The van der Waals surface area contributed by atoms with E-state index in [9.17, 15) is 4.79 Å². The molecule has 17 heavy (non-hydrogen) atoms. The molecule has 1 amide bonds. The van der Waals surface area contributed by atoms with Crippen LogP contribution in [-0.2, 0) is 4.79 Å². The van der Waals surface area contributed by atoms with Gasteiger partial charge in [0.15, 0.2) is 0 Å². The third-order valence-electron chi connectivity index (χ3n) is 2.37. The number of nitrogens with one attached hydrogen (secondary N) is 1. The van der Waals surface area contributed by atoms with Crippen molar-refractivity contribution in [2.45, 2.75) is 19.4 Å². The van der Waals surface area contributed by atoms with Gasteiger partial charge in [0.25, 0.3) is 5.91 Å². The predicted octanol–water partition coefficient (Wildman–Crippen LogP) is 2.46. The second-order valence-electron chi connectivity index (χ2n) is 3.84. The fraction of sp³-hybridized carbons (Fsp3) is 0.250. The molecule has 4 nitrogen and oxygen atoms in total. The smallest absolute Gasteiger partial charge is 0.258 e. The SMILES string of the molecule is CC1CC=C(C(=O)Nc2cc(Cl)ccn2)C=N1. The van der Waals surface area contributed by atoms with E-state index >= 15 is 0 Å². The minimum Gasteiger partial charge on any atom is -0.306 e. The van der Waals surface area contributed by atoms with Gasteiger partial charge in [0.2, 0.25) is 0 Å². The summed E-state index contributed by atoms with van der Waals surface area (Å²) in [6.45, 7) is 2.00. The van der Waals surface area contributed by atoms with Gasteiger partial charge in [-0.05, 0) is 25.5 Å². The number of dihydropyridines is 1. The van der Waals surface area contributed by atoms with Gasteiger partial charge in [0.05, 0.1) is 11.6 Å². The van der Waals surface area contributed by atoms with Gasteiger partial charge < -0.3 is 5.32 Å². The zero-order valence-corrected chi connectivity index (χ0v) is 10.1. The van der Waals surface area contributed by atoms with E-state index in [0.717, 1.165) is 6.42 Å². The Kier molecular flexibility index (Phi) is 3.54. The first-order valence-corrected chi connectivity index (χ1v) is 5.69. The van der Waals surface area contributed by atoms with E-state index in [2.05, 4.69) is 15.3 Å². The number of anilines is 1. The molecule has 5 heteroatoms. The number of hydrogen-bond acceptors (Lipinski definition) is 3. The predicted molar refractivity (Wildman–Crippen MR) is 68.5 cm³/mol. The molecule has 0 spiro atoms. The molecule has 0 saturated carbocycles. The highest BCUT2D eigenvalue weighted by atomic mass is 35.5. The number of aromatic nitrogens is 1. The van der Waals surface area contributed by atoms with Crippen LogP contribution in [0.5, 0.6) is 0 Å². The normalized spacial score (nSPS) is 18.7. The molecule has 1 aliphatic heterocycles. The molecule has 1 aromatic heterocycles. The van der Waals surface area contributed by atoms with Crippen molar-refractivity contribution in [3.63, 3.8) is 0 Å². The molecule has 2 rings (SSSR count). The summed E-state index contributed by atoms with van der Waals surface area (Å²) in [6.07, 6.45) is 5.79. The lowest BCUT2D eigenvalue weighted by Gasteiger charge is -2.11. The Morgan fingerprint density at radius 2 is 2.41 bits per heavy atom. The maximum Gasteiger partial charge on any atom is 0.258 e. The monoisotopic (exact) mass is 249 g/mol. The number of halogens is 1. The minimum absolute atomic E-state index is 0.213. The van der Waals surface area contributed by atoms with Crippen LogP contribution in [0.2, 0.25) is 5.02 Å². The fourth-order valence-corrected chi connectivity index (χ4v) is 1.59. The Bertz CT molecular complexity index is 496. The van der Waals surface area contributed by atoms with Crippen LogP contribution in [0.4, 0.5) is 5.82 Å². The van der Waals surface area contributed by atoms with Crippen LogP contribution in [0, 0.1) is 0 Å². The van der Waals surface area contributed by atoms with Crippen molar-refractivity contribution in [2.24, 2.45) is 4.99 Å². The van der Waals surface area contributed by atoms with Crippen LogP contribution in [0.3, 0.4) is 0 Å². The number of carbonyl (C=O) groups excluding carboxylic acids is 1. The van der Waals surface area contributed by atoms with Crippen LogP contribution < -0.4 is 5.32 Å². The van der Waals surface area contributed by atoms with Gasteiger partial charge in [-0.2, -0.15) is 0 Å². The second kappa shape index (κ2) is 5.10. The molecule has 0 radical (unpaired) electrons. The van der Waals surface area contributed by atoms with Crippen molar-refractivity contribution in [1.29, 1.82) is 0 Å². The summed E-state index contributed by atoms with van der Waals surface area (Å²) in [5.41, 5.74) is 0.560. The molecular weight excluding hydrogens is 238 g/mol. The van der Waals surface area contributed by atoms with Crippen LogP contribution in [-0.4, -0.2) is 23.1 Å². The number of aliphatic imine (C=N–C) groups is 1. The molecule has 0 saturated heterocycles. The Morgan fingerprint density at radius 3 is 3.06 bits per heavy atom. The summed E-state index contributed by atoms with van der Waals surface area (Å²) in [4.78, 5) is 20.0. The third kappa shape index (κ3) is 3.14. The zero-order valence-electron chi connectivity index (χ0n) is 9.35. The first kappa shape index (κ1) is 11.8. The van der Waals surface area contributed by atoms with E-state index in [-0.39, 0.29) is 11.9 Å². The highest BCUT2D eigenvalue weighted by molar-refractivity contribution is 6.30. The van der Waals surface area contributed by atoms with E-state index in [1.165, 1.54) is 0 Å².